The third kappa shape index (κ3) is 3.18. The summed E-state index contributed by atoms with van der Waals surface area (Å²) in [5, 5.41) is 20.5. The van der Waals surface area contributed by atoms with Crippen molar-refractivity contribution in [2.45, 2.75) is 17.5 Å². The summed E-state index contributed by atoms with van der Waals surface area (Å²) in [6, 6.07) is 12.0. The molecule has 0 spiro atoms. The SMILES string of the molecule is Cn1c(SCc2ccc(CO)cc2)nnc1-c1cccs1. The Kier molecular flexibility index (Phi) is 4.38. The zero-order valence-corrected chi connectivity index (χ0v) is 13.2. The predicted octanol–water partition coefficient (Wildman–Crippen LogP) is 3.33. The van der Waals surface area contributed by atoms with Crippen LogP contribution in [0.5, 0.6) is 0 Å². The molecule has 0 bridgehead atoms. The molecule has 0 unspecified atom stereocenters. The van der Waals surface area contributed by atoms with E-state index in [-0.39, 0.29) is 6.61 Å². The molecule has 1 N–H and O–H groups in total. The number of benzene rings is 1. The Balaban J connectivity index is 1.70. The van der Waals surface area contributed by atoms with Crippen molar-refractivity contribution >= 4 is 23.1 Å². The minimum absolute atomic E-state index is 0.0842. The van der Waals surface area contributed by atoms with Gasteiger partial charge in [0.05, 0.1) is 11.5 Å². The maximum Gasteiger partial charge on any atom is 0.191 e. The topological polar surface area (TPSA) is 50.9 Å². The molecule has 2 aromatic heterocycles. The van der Waals surface area contributed by atoms with Gasteiger partial charge in [-0.15, -0.1) is 21.5 Å². The molecule has 3 aromatic rings. The predicted molar refractivity (Wildman–Crippen MR) is 86.2 cm³/mol. The van der Waals surface area contributed by atoms with Crippen LogP contribution in [0.4, 0.5) is 0 Å². The van der Waals surface area contributed by atoms with Gasteiger partial charge in [-0.25, -0.2) is 0 Å². The summed E-state index contributed by atoms with van der Waals surface area (Å²) in [5.41, 5.74) is 2.14. The molecule has 0 aliphatic heterocycles. The number of thioether (sulfide) groups is 1. The second-order valence-corrected chi connectivity index (χ2v) is 6.50. The highest BCUT2D eigenvalue weighted by molar-refractivity contribution is 7.98. The average molecular weight is 317 g/mol. The molecule has 0 saturated carbocycles. The molecule has 0 atom stereocenters. The zero-order chi connectivity index (χ0) is 14.7. The molecule has 0 aliphatic carbocycles. The fraction of sp³-hybridized carbons (Fsp3) is 0.200. The molecular formula is C15H15N3OS2. The summed E-state index contributed by atoms with van der Waals surface area (Å²) in [6.45, 7) is 0.0842. The molecule has 1 aromatic carbocycles. The van der Waals surface area contributed by atoms with Crippen LogP contribution in [0.15, 0.2) is 46.9 Å². The van der Waals surface area contributed by atoms with Crippen LogP contribution >= 0.6 is 23.1 Å². The standard InChI is InChI=1S/C15H15N3OS2/c1-18-14(13-3-2-8-20-13)16-17-15(18)21-10-12-6-4-11(9-19)5-7-12/h2-8,19H,9-10H2,1H3. The Morgan fingerprint density at radius 2 is 1.90 bits per heavy atom. The molecule has 4 nitrogen and oxygen atoms in total. The molecule has 3 rings (SSSR count). The van der Waals surface area contributed by atoms with Crippen LogP contribution in [0.3, 0.4) is 0 Å². The normalized spacial score (nSPS) is 11.0. The first kappa shape index (κ1) is 14.3. The lowest BCUT2D eigenvalue weighted by Crippen LogP contribution is -1.94. The van der Waals surface area contributed by atoms with Crippen LogP contribution in [0, 0.1) is 0 Å². The van der Waals surface area contributed by atoms with Gasteiger partial charge >= 0.3 is 0 Å². The molecule has 0 amide bonds. The number of nitrogens with zero attached hydrogens (tertiary/aromatic N) is 3. The quantitative estimate of drug-likeness (QED) is 0.733. The van der Waals surface area contributed by atoms with Gasteiger partial charge in [-0.05, 0) is 22.6 Å². The highest BCUT2D eigenvalue weighted by atomic mass is 32.2. The van der Waals surface area contributed by atoms with E-state index in [2.05, 4.69) is 16.3 Å². The van der Waals surface area contributed by atoms with Gasteiger partial charge < -0.3 is 9.67 Å². The van der Waals surface area contributed by atoms with Crippen molar-refractivity contribution in [1.82, 2.24) is 14.8 Å². The molecule has 2 heterocycles. The molecule has 0 radical (unpaired) electrons. The maximum atomic E-state index is 9.04. The molecule has 108 valence electrons. The Labute approximate surface area is 131 Å². The van der Waals surface area contributed by atoms with Gasteiger partial charge in [0.15, 0.2) is 11.0 Å². The van der Waals surface area contributed by atoms with Crippen molar-refractivity contribution in [2.75, 3.05) is 0 Å². The summed E-state index contributed by atoms with van der Waals surface area (Å²) >= 11 is 3.33. The molecule has 6 heteroatoms. The third-order valence-electron chi connectivity index (χ3n) is 3.15. The third-order valence-corrected chi connectivity index (χ3v) is 5.11. The van der Waals surface area contributed by atoms with E-state index < -0.39 is 0 Å². The van der Waals surface area contributed by atoms with Gasteiger partial charge in [0.25, 0.3) is 0 Å². The second-order valence-electron chi connectivity index (χ2n) is 4.61. The van der Waals surface area contributed by atoms with Gasteiger partial charge in [0.1, 0.15) is 0 Å². The highest BCUT2D eigenvalue weighted by Gasteiger charge is 2.11. The Hall–Kier alpha value is -1.63. The van der Waals surface area contributed by atoms with Crippen LogP contribution < -0.4 is 0 Å². The summed E-state index contributed by atoms with van der Waals surface area (Å²) in [7, 11) is 1.99. The number of hydrogen-bond donors (Lipinski definition) is 1. The minimum atomic E-state index is 0.0842. The number of rotatable bonds is 5. The summed E-state index contributed by atoms with van der Waals surface area (Å²) in [5.74, 6) is 1.74. The van der Waals surface area contributed by atoms with E-state index >= 15 is 0 Å². The number of aliphatic hydroxyl groups excluding tert-OH is 1. The molecular weight excluding hydrogens is 302 g/mol. The van der Waals surface area contributed by atoms with Crippen molar-refractivity contribution in [3.8, 4) is 10.7 Å². The number of aliphatic hydroxyl groups is 1. The summed E-state index contributed by atoms with van der Waals surface area (Å²) in [6.07, 6.45) is 0. The van der Waals surface area contributed by atoms with Crippen LogP contribution in [0.2, 0.25) is 0 Å². The van der Waals surface area contributed by atoms with E-state index in [0.717, 1.165) is 27.2 Å². The fourth-order valence-corrected chi connectivity index (χ4v) is 3.56. The van der Waals surface area contributed by atoms with Gasteiger partial charge in [-0.3, -0.25) is 0 Å². The van der Waals surface area contributed by atoms with Crippen molar-refractivity contribution < 1.29 is 5.11 Å². The van der Waals surface area contributed by atoms with Crippen LogP contribution in [0.25, 0.3) is 10.7 Å². The van der Waals surface area contributed by atoms with Gasteiger partial charge in [-0.1, -0.05) is 42.1 Å². The van der Waals surface area contributed by atoms with Crippen LogP contribution in [-0.4, -0.2) is 19.9 Å². The average Bonchev–Trinajstić information content (AvgIpc) is 3.15. The van der Waals surface area contributed by atoms with E-state index in [1.54, 1.807) is 23.1 Å². The van der Waals surface area contributed by atoms with Gasteiger partial charge in [0.2, 0.25) is 0 Å². The molecule has 21 heavy (non-hydrogen) atoms. The summed E-state index contributed by atoms with van der Waals surface area (Å²) < 4.78 is 2.03. The highest BCUT2D eigenvalue weighted by Crippen LogP contribution is 2.27. The van der Waals surface area contributed by atoms with E-state index in [1.807, 2.05) is 47.3 Å². The first-order chi connectivity index (χ1) is 10.3. The van der Waals surface area contributed by atoms with E-state index in [9.17, 15) is 0 Å². The summed E-state index contributed by atoms with van der Waals surface area (Å²) in [4.78, 5) is 1.13. The van der Waals surface area contributed by atoms with E-state index in [1.165, 1.54) is 5.56 Å². The lowest BCUT2D eigenvalue weighted by Gasteiger charge is -2.03. The van der Waals surface area contributed by atoms with Gasteiger partial charge in [0, 0.05) is 12.8 Å². The van der Waals surface area contributed by atoms with Crippen molar-refractivity contribution in [3.05, 3.63) is 52.9 Å². The van der Waals surface area contributed by atoms with Crippen LogP contribution in [-0.2, 0) is 19.4 Å². The fourth-order valence-electron chi connectivity index (χ4n) is 1.95. The van der Waals surface area contributed by atoms with E-state index in [4.69, 9.17) is 5.11 Å². The number of hydrogen-bond acceptors (Lipinski definition) is 5. The maximum absolute atomic E-state index is 9.04. The Morgan fingerprint density at radius 3 is 2.57 bits per heavy atom. The first-order valence-electron chi connectivity index (χ1n) is 6.52. The molecule has 0 saturated heterocycles. The monoisotopic (exact) mass is 317 g/mol. The van der Waals surface area contributed by atoms with E-state index in [0.29, 0.717) is 0 Å². The van der Waals surface area contributed by atoms with Crippen molar-refractivity contribution in [3.63, 3.8) is 0 Å². The largest absolute Gasteiger partial charge is 0.392 e. The lowest BCUT2D eigenvalue weighted by molar-refractivity contribution is 0.282. The minimum Gasteiger partial charge on any atom is -0.392 e. The Bertz CT molecular complexity index is 705. The van der Waals surface area contributed by atoms with Gasteiger partial charge in [-0.2, -0.15) is 0 Å². The molecule has 0 aliphatic rings. The van der Waals surface area contributed by atoms with Crippen molar-refractivity contribution in [2.24, 2.45) is 7.05 Å². The first-order valence-corrected chi connectivity index (χ1v) is 8.39. The number of aromatic nitrogens is 3. The molecule has 0 fully saturated rings. The smallest absolute Gasteiger partial charge is 0.191 e. The second kappa shape index (κ2) is 6.43. The lowest BCUT2D eigenvalue weighted by atomic mass is 10.2. The number of thiophene rings is 1. The zero-order valence-electron chi connectivity index (χ0n) is 11.6. The Morgan fingerprint density at radius 1 is 1.14 bits per heavy atom. The van der Waals surface area contributed by atoms with Crippen LogP contribution in [0.1, 0.15) is 11.1 Å². The van der Waals surface area contributed by atoms with Crippen molar-refractivity contribution in [1.29, 1.82) is 0 Å².